The predicted molar refractivity (Wildman–Crippen MR) is 122 cm³/mol. The number of carbonyl (C=O) groups is 1. The van der Waals surface area contributed by atoms with E-state index in [2.05, 4.69) is 24.4 Å². The SMILES string of the molecule is CCCCC1CCC(c2ccc(Nc3ccc4c(c3O)C(=N)C=CC4=O)cc2)CC1. The average molecular weight is 403 g/mol. The number of aromatic hydroxyl groups is 1. The van der Waals surface area contributed by atoms with Gasteiger partial charge in [-0.3, -0.25) is 4.79 Å². The molecule has 0 unspecified atom stereocenters. The lowest BCUT2D eigenvalue weighted by Crippen LogP contribution is -2.13. The van der Waals surface area contributed by atoms with Crippen molar-refractivity contribution in [3.63, 3.8) is 0 Å². The summed E-state index contributed by atoms with van der Waals surface area (Å²) in [6.07, 6.45) is 12.1. The van der Waals surface area contributed by atoms with Gasteiger partial charge in [0.05, 0.1) is 17.0 Å². The molecular weight excluding hydrogens is 372 g/mol. The zero-order chi connectivity index (χ0) is 21.1. The number of nitrogens with one attached hydrogen (secondary N) is 2. The minimum Gasteiger partial charge on any atom is -0.505 e. The van der Waals surface area contributed by atoms with Crippen molar-refractivity contribution in [3.8, 4) is 5.75 Å². The Morgan fingerprint density at radius 1 is 1.03 bits per heavy atom. The lowest BCUT2D eigenvalue weighted by atomic mass is 9.77. The van der Waals surface area contributed by atoms with Crippen LogP contribution in [0, 0.1) is 11.3 Å². The zero-order valence-corrected chi connectivity index (χ0v) is 17.6. The van der Waals surface area contributed by atoms with E-state index in [0.717, 1.165) is 11.6 Å². The van der Waals surface area contributed by atoms with Gasteiger partial charge in [0.25, 0.3) is 0 Å². The van der Waals surface area contributed by atoms with Crippen molar-refractivity contribution >= 4 is 22.9 Å². The molecule has 156 valence electrons. The van der Waals surface area contributed by atoms with Crippen LogP contribution in [0.2, 0.25) is 0 Å². The molecule has 0 radical (unpaired) electrons. The Hall–Kier alpha value is -2.88. The van der Waals surface area contributed by atoms with Gasteiger partial charge in [0.2, 0.25) is 0 Å². The highest BCUT2D eigenvalue weighted by Gasteiger charge is 2.23. The van der Waals surface area contributed by atoms with Crippen LogP contribution < -0.4 is 5.32 Å². The molecule has 2 aromatic rings. The second-order valence-electron chi connectivity index (χ2n) is 8.60. The number of ketones is 1. The monoisotopic (exact) mass is 402 g/mol. The van der Waals surface area contributed by atoms with E-state index in [1.165, 1.54) is 62.7 Å². The molecule has 2 aliphatic rings. The van der Waals surface area contributed by atoms with Crippen molar-refractivity contribution < 1.29 is 9.90 Å². The Balaban J connectivity index is 1.43. The average Bonchev–Trinajstić information content (AvgIpc) is 2.77. The molecule has 0 saturated heterocycles. The Morgan fingerprint density at radius 2 is 1.77 bits per heavy atom. The molecule has 0 atom stereocenters. The van der Waals surface area contributed by atoms with Crippen molar-refractivity contribution in [2.45, 2.75) is 57.8 Å². The lowest BCUT2D eigenvalue weighted by molar-refractivity contribution is 0.104. The molecule has 1 saturated carbocycles. The molecule has 2 aromatic carbocycles. The smallest absolute Gasteiger partial charge is 0.186 e. The molecule has 1 fully saturated rings. The van der Waals surface area contributed by atoms with E-state index in [9.17, 15) is 9.90 Å². The van der Waals surface area contributed by atoms with Crippen LogP contribution in [0.3, 0.4) is 0 Å². The lowest BCUT2D eigenvalue weighted by Gasteiger charge is -2.29. The molecule has 2 aliphatic carbocycles. The number of phenolic OH excluding ortho intramolecular Hbond substituents is 1. The highest BCUT2D eigenvalue weighted by Crippen LogP contribution is 2.39. The van der Waals surface area contributed by atoms with Crippen LogP contribution in [-0.4, -0.2) is 16.6 Å². The first-order chi connectivity index (χ1) is 14.6. The van der Waals surface area contributed by atoms with Gasteiger partial charge in [-0.2, -0.15) is 0 Å². The predicted octanol–water partition coefficient (Wildman–Crippen LogP) is 6.72. The minimum atomic E-state index is -0.184. The summed E-state index contributed by atoms with van der Waals surface area (Å²) in [4.78, 5) is 12.0. The fourth-order valence-corrected chi connectivity index (χ4v) is 4.77. The zero-order valence-electron chi connectivity index (χ0n) is 17.6. The van der Waals surface area contributed by atoms with Crippen molar-refractivity contribution in [1.82, 2.24) is 0 Å². The van der Waals surface area contributed by atoms with Gasteiger partial charge < -0.3 is 15.8 Å². The molecule has 0 heterocycles. The maximum absolute atomic E-state index is 12.0. The van der Waals surface area contributed by atoms with E-state index in [4.69, 9.17) is 5.41 Å². The third-order valence-corrected chi connectivity index (χ3v) is 6.59. The van der Waals surface area contributed by atoms with Gasteiger partial charge in [-0.05, 0) is 79.5 Å². The summed E-state index contributed by atoms with van der Waals surface area (Å²) in [5.41, 5.74) is 3.59. The molecule has 4 heteroatoms. The van der Waals surface area contributed by atoms with Gasteiger partial charge in [0.1, 0.15) is 5.75 Å². The van der Waals surface area contributed by atoms with E-state index in [1.807, 2.05) is 12.1 Å². The highest BCUT2D eigenvalue weighted by molar-refractivity contribution is 6.24. The highest BCUT2D eigenvalue weighted by atomic mass is 16.3. The Labute approximate surface area is 178 Å². The third-order valence-electron chi connectivity index (χ3n) is 6.59. The van der Waals surface area contributed by atoms with E-state index in [-0.39, 0.29) is 17.2 Å². The number of hydrogen-bond donors (Lipinski definition) is 3. The fraction of sp³-hybridized carbons (Fsp3) is 0.385. The van der Waals surface area contributed by atoms with E-state index in [1.54, 1.807) is 12.1 Å². The fourth-order valence-electron chi connectivity index (χ4n) is 4.77. The first kappa shape index (κ1) is 20.4. The summed E-state index contributed by atoms with van der Waals surface area (Å²) in [6, 6.07) is 11.8. The van der Waals surface area contributed by atoms with Crippen LogP contribution in [0.5, 0.6) is 5.75 Å². The summed E-state index contributed by atoms with van der Waals surface area (Å²) in [5, 5.41) is 21.9. The molecule has 4 nitrogen and oxygen atoms in total. The van der Waals surface area contributed by atoms with Gasteiger partial charge in [-0.15, -0.1) is 0 Å². The first-order valence-electron chi connectivity index (χ1n) is 11.1. The van der Waals surface area contributed by atoms with E-state index >= 15 is 0 Å². The Kier molecular flexibility index (Phi) is 6.03. The number of rotatable bonds is 6. The molecule has 0 aromatic heterocycles. The summed E-state index contributed by atoms with van der Waals surface area (Å²) in [6.45, 7) is 2.27. The number of phenols is 1. The molecule has 0 aliphatic heterocycles. The number of allylic oxidation sites excluding steroid dienone is 2. The summed E-state index contributed by atoms with van der Waals surface area (Å²) in [5.74, 6) is 1.32. The minimum absolute atomic E-state index is 0.0512. The molecule has 3 N–H and O–H groups in total. The van der Waals surface area contributed by atoms with Crippen LogP contribution in [0.1, 0.15) is 79.3 Å². The van der Waals surface area contributed by atoms with Gasteiger partial charge in [-0.1, -0.05) is 38.3 Å². The van der Waals surface area contributed by atoms with E-state index in [0.29, 0.717) is 22.7 Å². The van der Waals surface area contributed by atoms with Gasteiger partial charge >= 0.3 is 0 Å². The first-order valence-corrected chi connectivity index (χ1v) is 11.1. The summed E-state index contributed by atoms with van der Waals surface area (Å²) < 4.78 is 0. The largest absolute Gasteiger partial charge is 0.505 e. The standard InChI is InChI=1S/C26H30N2O2/c1-2-3-4-17-5-7-18(8-6-17)19-9-11-20(12-10-19)28-23-15-13-21-24(29)16-14-22(27)25(21)26(23)30/h9-18,27-28,30H,2-8H2,1H3. The second-order valence-corrected chi connectivity index (χ2v) is 8.60. The number of carbonyl (C=O) groups excluding carboxylic acids is 1. The number of hydrogen-bond acceptors (Lipinski definition) is 4. The number of unbranched alkanes of at least 4 members (excludes halogenated alkanes) is 1. The van der Waals surface area contributed by atoms with Crippen molar-refractivity contribution in [3.05, 3.63) is 65.2 Å². The summed E-state index contributed by atoms with van der Waals surface area (Å²) >= 11 is 0. The summed E-state index contributed by atoms with van der Waals surface area (Å²) in [7, 11) is 0. The second kappa shape index (κ2) is 8.86. The van der Waals surface area contributed by atoms with E-state index < -0.39 is 0 Å². The molecule has 0 spiro atoms. The molecule has 0 bridgehead atoms. The van der Waals surface area contributed by atoms with Crippen LogP contribution >= 0.6 is 0 Å². The van der Waals surface area contributed by atoms with Crippen molar-refractivity contribution in [2.75, 3.05) is 5.32 Å². The Morgan fingerprint density at radius 3 is 2.47 bits per heavy atom. The van der Waals surface area contributed by atoms with Crippen LogP contribution in [-0.2, 0) is 0 Å². The number of fused-ring (bicyclic) bond motifs is 1. The van der Waals surface area contributed by atoms with Crippen LogP contribution in [0.4, 0.5) is 11.4 Å². The van der Waals surface area contributed by atoms with Crippen LogP contribution in [0.25, 0.3) is 0 Å². The van der Waals surface area contributed by atoms with Gasteiger partial charge in [0, 0.05) is 11.3 Å². The van der Waals surface area contributed by atoms with Gasteiger partial charge in [-0.25, -0.2) is 0 Å². The topological polar surface area (TPSA) is 73.2 Å². The molecular formula is C26H30N2O2. The molecule has 0 amide bonds. The molecule has 30 heavy (non-hydrogen) atoms. The van der Waals surface area contributed by atoms with Crippen molar-refractivity contribution in [2.24, 2.45) is 5.92 Å². The quantitative estimate of drug-likeness (QED) is 0.470. The van der Waals surface area contributed by atoms with Crippen molar-refractivity contribution in [1.29, 1.82) is 5.41 Å². The maximum Gasteiger partial charge on any atom is 0.186 e. The van der Waals surface area contributed by atoms with Gasteiger partial charge in [0.15, 0.2) is 5.78 Å². The number of anilines is 2. The van der Waals surface area contributed by atoms with Crippen LogP contribution in [0.15, 0.2) is 48.6 Å². The maximum atomic E-state index is 12.0. The normalized spacial score (nSPS) is 20.8. The Bertz CT molecular complexity index is 967. The third kappa shape index (κ3) is 4.18. The number of benzene rings is 2. The molecule has 4 rings (SSSR count).